The highest BCUT2D eigenvalue weighted by Gasteiger charge is 2.34. The number of rotatable bonds is 5. The first kappa shape index (κ1) is 19.6. The molecule has 2 heterocycles. The Kier molecular flexibility index (Phi) is 5.44. The van der Waals surface area contributed by atoms with Crippen molar-refractivity contribution in [2.45, 2.75) is 6.54 Å². The lowest BCUT2D eigenvalue weighted by atomic mass is 10.1. The third-order valence-electron chi connectivity index (χ3n) is 5.02. The zero-order chi connectivity index (χ0) is 21.1. The Labute approximate surface area is 172 Å². The van der Waals surface area contributed by atoms with Gasteiger partial charge in [-0.1, -0.05) is 30.3 Å². The predicted octanol–water partition coefficient (Wildman–Crippen LogP) is 2.52. The molecule has 30 heavy (non-hydrogen) atoms. The highest BCUT2D eigenvalue weighted by atomic mass is 16.6. The first-order chi connectivity index (χ1) is 14.5. The summed E-state index contributed by atoms with van der Waals surface area (Å²) in [6.45, 7) is 2.51. The number of benzene rings is 2. The van der Waals surface area contributed by atoms with Gasteiger partial charge in [-0.2, -0.15) is 0 Å². The third-order valence-corrected chi connectivity index (χ3v) is 5.02. The average Bonchev–Trinajstić information content (AvgIpc) is 3.02. The molecule has 1 N–H and O–H groups in total. The average molecular weight is 408 g/mol. The minimum absolute atomic E-state index is 0.0863. The van der Waals surface area contributed by atoms with Crippen molar-refractivity contribution in [2.75, 3.05) is 31.2 Å². The number of nitrogens with one attached hydrogen (secondary N) is 1. The zero-order valence-electron chi connectivity index (χ0n) is 16.1. The molecular weight excluding hydrogens is 388 g/mol. The van der Waals surface area contributed by atoms with E-state index in [1.807, 2.05) is 35.2 Å². The second-order valence-corrected chi connectivity index (χ2v) is 6.96. The molecule has 4 rings (SSSR count). The van der Waals surface area contributed by atoms with Crippen LogP contribution in [0.1, 0.15) is 11.1 Å². The molecule has 0 spiro atoms. The van der Waals surface area contributed by atoms with E-state index in [9.17, 15) is 19.7 Å². The Morgan fingerprint density at radius 3 is 2.53 bits per heavy atom. The summed E-state index contributed by atoms with van der Waals surface area (Å²) in [5, 5.41) is 13.8. The van der Waals surface area contributed by atoms with Crippen LogP contribution in [0.3, 0.4) is 0 Å². The molecule has 0 atom stereocenters. The van der Waals surface area contributed by atoms with Crippen molar-refractivity contribution in [3.05, 3.63) is 75.5 Å². The monoisotopic (exact) mass is 408 g/mol. The van der Waals surface area contributed by atoms with Gasteiger partial charge < -0.3 is 15.0 Å². The SMILES string of the molecule is O=C1N/C(=C\c2cc([N+](=O)[O-])ccc2N2CCOCC2)C(=O)N1Cc1ccccc1. The first-order valence-electron chi connectivity index (χ1n) is 9.52. The fraction of sp³-hybridized carbons (Fsp3) is 0.238. The summed E-state index contributed by atoms with van der Waals surface area (Å²) >= 11 is 0. The van der Waals surface area contributed by atoms with Gasteiger partial charge in [0.15, 0.2) is 0 Å². The third kappa shape index (κ3) is 4.01. The van der Waals surface area contributed by atoms with Crippen LogP contribution in [0.15, 0.2) is 54.2 Å². The number of anilines is 1. The Morgan fingerprint density at radius 1 is 1.10 bits per heavy atom. The van der Waals surface area contributed by atoms with E-state index in [2.05, 4.69) is 5.32 Å². The van der Waals surface area contributed by atoms with Gasteiger partial charge in [-0.25, -0.2) is 4.79 Å². The normalized spacial score (nSPS) is 18.1. The Hall–Kier alpha value is -3.72. The van der Waals surface area contributed by atoms with E-state index in [0.29, 0.717) is 31.9 Å². The molecule has 0 unspecified atom stereocenters. The molecule has 2 saturated heterocycles. The number of ether oxygens (including phenoxy) is 1. The maximum absolute atomic E-state index is 12.8. The summed E-state index contributed by atoms with van der Waals surface area (Å²) in [4.78, 5) is 39.1. The number of hydrogen-bond donors (Lipinski definition) is 1. The number of nitrogens with zero attached hydrogens (tertiary/aromatic N) is 3. The summed E-state index contributed by atoms with van der Waals surface area (Å²) in [7, 11) is 0. The van der Waals surface area contributed by atoms with Gasteiger partial charge in [0.05, 0.1) is 24.7 Å². The predicted molar refractivity (Wildman–Crippen MR) is 110 cm³/mol. The molecule has 0 aliphatic carbocycles. The molecule has 0 saturated carbocycles. The summed E-state index contributed by atoms with van der Waals surface area (Å²) in [6, 6.07) is 13.2. The maximum Gasteiger partial charge on any atom is 0.329 e. The van der Waals surface area contributed by atoms with Gasteiger partial charge >= 0.3 is 6.03 Å². The van der Waals surface area contributed by atoms with Crippen molar-refractivity contribution in [2.24, 2.45) is 0 Å². The van der Waals surface area contributed by atoms with Crippen LogP contribution in [0.2, 0.25) is 0 Å². The lowest BCUT2D eigenvalue weighted by Gasteiger charge is -2.30. The first-order valence-corrected chi connectivity index (χ1v) is 9.52. The molecule has 0 aromatic heterocycles. The van der Waals surface area contributed by atoms with Crippen molar-refractivity contribution < 1.29 is 19.2 Å². The summed E-state index contributed by atoms with van der Waals surface area (Å²) < 4.78 is 5.38. The van der Waals surface area contributed by atoms with Gasteiger partial charge in [-0.3, -0.25) is 19.8 Å². The quantitative estimate of drug-likeness (QED) is 0.353. The van der Waals surface area contributed by atoms with E-state index in [0.717, 1.165) is 16.2 Å². The van der Waals surface area contributed by atoms with Crippen LogP contribution in [-0.2, 0) is 16.1 Å². The number of non-ortho nitro benzene ring substituents is 1. The summed E-state index contributed by atoms with van der Waals surface area (Å²) in [5.41, 5.74) is 2.07. The minimum Gasteiger partial charge on any atom is -0.378 e. The van der Waals surface area contributed by atoms with Gasteiger partial charge in [-0.15, -0.1) is 0 Å². The fourth-order valence-electron chi connectivity index (χ4n) is 3.50. The molecule has 2 aliphatic heterocycles. The van der Waals surface area contributed by atoms with Crippen LogP contribution in [0.5, 0.6) is 0 Å². The number of urea groups is 1. The van der Waals surface area contributed by atoms with Crippen molar-refractivity contribution >= 4 is 29.4 Å². The van der Waals surface area contributed by atoms with E-state index in [1.54, 1.807) is 6.07 Å². The highest BCUT2D eigenvalue weighted by Crippen LogP contribution is 2.29. The van der Waals surface area contributed by atoms with Gasteiger partial charge in [0.25, 0.3) is 11.6 Å². The lowest BCUT2D eigenvalue weighted by molar-refractivity contribution is -0.384. The minimum atomic E-state index is -0.520. The number of amides is 3. The van der Waals surface area contributed by atoms with Crippen LogP contribution in [-0.4, -0.2) is 48.1 Å². The Balaban J connectivity index is 1.66. The molecule has 3 amide bonds. The smallest absolute Gasteiger partial charge is 0.329 e. The number of hydrogen-bond acceptors (Lipinski definition) is 6. The molecule has 2 aromatic carbocycles. The highest BCUT2D eigenvalue weighted by molar-refractivity contribution is 6.14. The van der Waals surface area contributed by atoms with Gasteiger partial charge in [0.2, 0.25) is 0 Å². The van der Waals surface area contributed by atoms with Crippen molar-refractivity contribution in [1.29, 1.82) is 0 Å². The van der Waals surface area contributed by atoms with Crippen molar-refractivity contribution in [3.8, 4) is 0 Å². The zero-order valence-corrected chi connectivity index (χ0v) is 16.1. The molecule has 2 fully saturated rings. The molecule has 0 radical (unpaired) electrons. The summed E-state index contributed by atoms with van der Waals surface area (Å²) in [6.07, 6.45) is 1.50. The molecule has 9 nitrogen and oxygen atoms in total. The Morgan fingerprint density at radius 2 is 1.83 bits per heavy atom. The number of carbonyl (C=O) groups is 2. The second kappa shape index (κ2) is 8.34. The number of nitro groups is 1. The van der Waals surface area contributed by atoms with Crippen LogP contribution in [0.25, 0.3) is 6.08 Å². The number of morpholine rings is 1. The van der Waals surface area contributed by atoms with E-state index in [1.165, 1.54) is 18.2 Å². The molecule has 2 aromatic rings. The van der Waals surface area contributed by atoms with Crippen LogP contribution >= 0.6 is 0 Å². The number of nitro benzene ring substituents is 1. The van der Waals surface area contributed by atoms with Crippen molar-refractivity contribution in [3.63, 3.8) is 0 Å². The standard InChI is InChI=1S/C21H20N4O5/c26-20-18(22-21(27)24(20)14-15-4-2-1-3-5-15)13-16-12-17(25(28)29)6-7-19(16)23-8-10-30-11-9-23/h1-7,12-13H,8-11,14H2,(H,22,27)/b18-13-. The van der Waals surface area contributed by atoms with Crippen LogP contribution in [0.4, 0.5) is 16.2 Å². The maximum atomic E-state index is 12.8. The molecule has 2 aliphatic rings. The molecular formula is C21H20N4O5. The second-order valence-electron chi connectivity index (χ2n) is 6.96. The molecule has 0 bridgehead atoms. The van der Waals surface area contributed by atoms with Crippen molar-refractivity contribution in [1.82, 2.24) is 10.2 Å². The topological polar surface area (TPSA) is 105 Å². The van der Waals surface area contributed by atoms with E-state index < -0.39 is 16.9 Å². The molecule has 154 valence electrons. The Bertz CT molecular complexity index is 1020. The van der Waals surface area contributed by atoms with Gasteiger partial charge in [0.1, 0.15) is 5.70 Å². The summed E-state index contributed by atoms with van der Waals surface area (Å²) in [5.74, 6) is -0.469. The molecule has 9 heteroatoms. The van der Waals surface area contributed by atoms with E-state index in [-0.39, 0.29) is 17.9 Å². The van der Waals surface area contributed by atoms with Crippen LogP contribution in [0, 0.1) is 10.1 Å². The van der Waals surface area contributed by atoms with E-state index in [4.69, 9.17) is 4.74 Å². The van der Waals surface area contributed by atoms with Crippen LogP contribution < -0.4 is 10.2 Å². The largest absolute Gasteiger partial charge is 0.378 e. The number of imide groups is 1. The van der Waals surface area contributed by atoms with Gasteiger partial charge in [0, 0.05) is 36.5 Å². The number of carbonyl (C=O) groups excluding carboxylic acids is 2. The lowest BCUT2D eigenvalue weighted by Crippen LogP contribution is -2.36. The fourth-order valence-corrected chi connectivity index (χ4v) is 3.50. The van der Waals surface area contributed by atoms with E-state index >= 15 is 0 Å². The van der Waals surface area contributed by atoms with Gasteiger partial charge in [-0.05, 0) is 17.7 Å².